The van der Waals surface area contributed by atoms with E-state index in [-0.39, 0.29) is 4.90 Å². The van der Waals surface area contributed by atoms with Gasteiger partial charge in [0.2, 0.25) is 10.0 Å². The molecule has 1 aromatic carbocycles. The Balaban J connectivity index is 3.24. The first-order valence-corrected chi connectivity index (χ1v) is 6.97. The van der Waals surface area contributed by atoms with Gasteiger partial charge in [0, 0.05) is 14.1 Å². The Morgan fingerprint density at radius 3 is 2.55 bits per heavy atom. The molecule has 0 bridgehead atoms. The van der Waals surface area contributed by atoms with Crippen molar-refractivity contribution in [2.24, 2.45) is 0 Å². The highest BCUT2D eigenvalue weighted by Gasteiger charge is 2.22. The van der Waals surface area contributed by atoms with E-state index in [0.717, 1.165) is 22.5 Å². The highest BCUT2D eigenvalue weighted by molar-refractivity contribution is 7.89. The second kappa shape index (κ2) is 5.98. The van der Waals surface area contributed by atoms with Gasteiger partial charge >= 0.3 is 5.97 Å². The van der Waals surface area contributed by atoms with Crippen LogP contribution in [0.3, 0.4) is 0 Å². The third-order valence-electron chi connectivity index (χ3n) is 2.40. The van der Waals surface area contributed by atoms with Crippen LogP contribution >= 0.6 is 0 Å². The number of ether oxygens (including phenoxy) is 1. The van der Waals surface area contributed by atoms with Gasteiger partial charge in [0.05, 0.1) is 10.5 Å². The molecule has 0 aliphatic rings. The largest absolute Gasteiger partial charge is 0.444 e. The number of halogens is 1. The summed E-state index contributed by atoms with van der Waals surface area (Å²) in [6.07, 6.45) is -1.06. The topological polar surface area (TPSA) is 87.5 Å². The third-order valence-corrected chi connectivity index (χ3v) is 4.21. The van der Waals surface area contributed by atoms with Crippen LogP contribution in [0.2, 0.25) is 0 Å². The fourth-order valence-electron chi connectivity index (χ4n) is 1.28. The van der Waals surface area contributed by atoms with E-state index in [2.05, 4.69) is 4.74 Å². The summed E-state index contributed by atoms with van der Waals surface area (Å²) in [6, 6.07) is 4.46. The molecular weight excluding hydrogens is 287 g/mol. The summed E-state index contributed by atoms with van der Waals surface area (Å²) in [6.45, 7) is 1.32. The molecule has 108 valence electrons. The van der Waals surface area contributed by atoms with Crippen LogP contribution in [-0.4, -0.2) is 38.9 Å². The monoisotopic (exact) mass is 300 g/mol. The van der Waals surface area contributed by atoms with Crippen molar-refractivity contribution in [3.63, 3.8) is 0 Å². The predicted molar refractivity (Wildman–Crippen MR) is 67.8 cm³/mol. The second-order valence-corrected chi connectivity index (χ2v) is 6.26. The molecule has 0 aliphatic carbocycles. The van der Waals surface area contributed by atoms with E-state index < -0.39 is 33.5 Å². The van der Waals surface area contributed by atoms with Gasteiger partial charge in [-0.15, -0.1) is 0 Å². The number of carbonyl (C=O) groups is 1. The zero-order valence-corrected chi connectivity index (χ0v) is 11.9. The molecule has 1 aromatic rings. The van der Waals surface area contributed by atoms with Crippen molar-refractivity contribution in [2.45, 2.75) is 17.9 Å². The van der Waals surface area contributed by atoms with Crippen LogP contribution in [0.15, 0.2) is 23.1 Å². The molecule has 0 saturated heterocycles. The summed E-state index contributed by atoms with van der Waals surface area (Å²) in [5, 5.41) is 8.53. The number of nitrogens with zero attached hydrogens (tertiary/aromatic N) is 2. The van der Waals surface area contributed by atoms with Gasteiger partial charge in [-0.05, 0) is 25.1 Å². The predicted octanol–water partition coefficient (Wildman–Crippen LogP) is 1.14. The first kappa shape index (κ1) is 16.1. The minimum Gasteiger partial charge on any atom is -0.444 e. The third kappa shape index (κ3) is 3.31. The Kier molecular flexibility index (Phi) is 4.81. The van der Waals surface area contributed by atoms with Crippen LogP contribution in [0.5, 0.6) is 0 Å². The molecule has 0 fully saturated rings. The molecule has 0 saturated carbocycles. The molecule has 20 heavy (non-hydrogen) atoms. The van der Waals surface area contributed by atoms with Crippen molar-refractivity contribution in [1.29, 1.82) is 5.26 Å². The van der Waals surface area contributed by atoms with Gasteiger partial charge in [-0.25, -0.2) is 21.9 Å². The number of carbonyl (C=O) groups excluding carboxylic acids is 1. The van der Waals surface area contributed by atoms with Gasteiger partial charge in [0.15, 0.2) is 6.10 Å². The van der Waals surface area contributed by atoms with Crippen molar-refractivity contribution >= 4 is 16.0 Å². The lowest BCUT2D eigenvalue weighted by molar-refractivity contribution is 0.0430. The molecule has 0 amide bonds. The van der Waals surface area contributed by atoms with E-state index in [9.17, 15) is 17.6 Å². The Morgan fingerprint density at radius 2 is 2.05 bits per heavy atom. The molecule has 0 aromatic heterocycles. The van der Waals surface area contributed by atoms with Crippen LogP contribution in [0.4, 0.5) is 4.39 Å². The second-order valence-electron chi connectivity index (χ2n) is 4.11. The molecule has 0 heterocycles. The lowest BCUT2D eigenvalue weighted by atomic mass is 10.2. The van der Waals surface area contributed by atoms with Gasteiger partial charge in [0.1, 0.15) is 11.9 Å². The summed E-state index contributed by atoms with van der Waals surface area (Å²) in [4.78, 5) is 11.4. The average molecular weight is 300 g/mol. The van der Waals surface area contributed by atoms with Crippen molar-refractivity contribution < 1.29 is 22.3 Å². The summed E-state index contributed by atoms with van der Waals surface area (Å²) >= 11 is 0. The van der Waals surface area contributed by atoms with Crippen molar-refractivity contribution in [3.05, 3.63) is 29.6 Å². The number of hydrogen-bond acceptors (Lipinski definition) is 5. The standard InChI is InChI=1S/C12H13FN2O4S/c1-8(7-14)19-12(16)10-6-9(4-5-11(10)13)20(17,18)15(2)3/h4-6,8H,1-3H3/t8-/m1/s1. The Hall–Kier alpha value is -1.98. The highest BCUT2D eigenvalue weighted by atomic mass is 32.2. The van der Waals surface area contributed by atoms with E-state index in [1.54, 1.807) is 6.07 Å². The van der Waals surface area contributed by atoms with Gasteiger partial charge in [-0.1, -0.05) is 0 Å². The normalized spacial score (nSPS) is 12.8. The average Bonchev–Trinajstić information content (AvgIpc) is 2.38. The maximum absolute atomic E-state index is 13.6. The first-order chi connectivity index (χ1) is 9.20. The maximum atomic E-state index is 13.6. The van der Waals surface area contributed by atoms with Gasteiger partial charge in [0.25, 0.3) is 0 Å². The van der Waals surface area contributed by atoms with E-state index >= 15 is 0 Å². The zero-order chi connectivity index (χ0) is 15.5. The van der Waals surface area contributed by atoms with Crippen molar-refractivity contribution in [3.8, 4) is 6.07 Å². The molecule has 0 N–H and O–H groups in total. The number of rotatable bonds is 4. The molecule has 1 atom stereocenters. The van der Waals surface area contributed by atoms with E-state index in [4.69, 9.17) is 5.26 Å². The molecule has 8 heteroatoms. The number of hydrogen-bond donors (Lipinski definition) is 0. The molecular formula is C12H13FN2O4S. The molecule has 0 unspecified atom stereocenters. The molecule has 6 nitrogen and oxygen atoms in total. The molecule has 0 spiro atoms. The number of benzene rings is 1. The minimum absolute atomic E-state index is 0.236. The first-order valence-electron chi connectivity index (χ1n) is 5.53. The number of sulfonamides is 1. The Labute approximate surface area is 116 Å². The van der Waals surface area contributed by atoms with E-state index in [1.807, 2.05) is 0 Å². The van der Waals surface area contributed by atoms with Crippen molar-refractivity contribution in [1.82, 2.24) is 4.31 Å². The molecule has 0 aliphatic heterocycles. The summed E-state index contributed by atoms with van der Waals surface area (Å²) in [5.41, 5.74) is -0.532. The fourth-order valence-corrected chi connectivity index (χ4v) is 2.21. The lowest BCUT2D eigenvalue weighted by Crippen LogP contribution is -2.23. The molecule has 0 radical (unpaired) electrons. The highest BCUT2D eigenvalue weighted by Crippen LogP contribution is 2.18. The zero-order valence-electron chi connectivity index (χ0n) is 11.1. The quantitative estimate of drug-likeness (QED) is 0.778. The van der Waals surface area contributed by atoms with Crippen LogP contribution in [0.1, 0.15) is 17.3 Å². The maximum Gasteiger partial charge on any atom is 0.342 e. The SMILES string of the molecule is C[C@H](C#N)OC(=O)c1cc(S(=O)(=O)N(C)C)ccc1F. The van der Waals surface area contributed by atoms with Gasteiger partial charge < -0.3 is 4.74 Å². The summed E-state index contributed by atoms with van der Waals surface area (Å²) in [7, 11) is -1.16. The van der Waals surface area contributed by atoms with Gasteiger partial charge in [-0.3, -0.25) is 0 Å². The number of nitriles is 1. The number of esters is 1. The van der Waals surface area contributed by atoms with E-state index in [1.165, 1.54) is 21.0 Å². The van der Waals surface area contributed by atoms with Crippen LogP contribution < -0.4 is 0 Å². The van der Waals surface area contributed by atoms with E-state index in [0.29, 0.717) is 0 Å². The van der Waals surface area contributed by atoms with Crippen molar-refractivity contribution in [2.75, 3.05) is 14.1 Å². The minimum atomic E-state index is -3.79. The van der Waals surface area contributed by atoms with Gasteiger partial charge in [-0.2, -0.15) is 5.26 Å². The Bertz CT molecular complexity index is 665. The summed E-state index contributed by atoms with van der Waals surface area (Å²) < 4.78 is 42.9. The fraction of sp³-hybridized carbons (Fsp3) is 0.333. The van der Waals surface area contributed by atoms with Crippen LogP contribution in [-0.2, 0) is 14.8 Å². The molecule has 1 rings (SSSR count). The summed E-state index contributed by atoms with van der Waals surface area (Å²) in [5.74, 6) is -2.01. The van der Waals surface area contributed by atoms with Crippen LogP contribution in [0, 0.1) is 17.1 Å². The van der Waals surface area contributed by atoms with Crippen LogP contribution in [0.25, 0.3) is 0 Å². The Morgan fingerprint density at radius 1 is 1.45 bits per heavy atom. The smallest absolute Gasteiger partial charge is 0.342 e. The lowest BCUT2D eigenvalue weighted by Gasteiger charge is -2.13.